The topological polar surface area (TPSA) is 51.0 Å². The highest BCUT2D eigenvalue weighted by Gasteiger charge is 2.13. The highest BCUT2D eigenvalue weighted by atomic mass is 127. The molecular formula is C9H10IN3OS. The number of aromatic nitrogens is 2. The molecular weight excluding hydrogens is 325 g/mol. The van der Waals surface area contributed by atoms with Gasteiger partial charge < -0.3 is 9.73 Å². The van der Waals surface area contributed by atoms with Crippen LogP contribution in [0.15, 0.2) is 15.9 Å². The predicted molar refractivity (Wildman–Crippen MR) is 67.8 cm³/mol. The van der Waals surface area contributed by atoms with Crippen molar-refractivity contribution in [3.8, 4) is 11.5 Å². The molecule has 2 rings (SSSR count). The van der Waals surface area contributed by atoms with Gasteiger partial charge in [-0.25, -0.2) is 0 Å². The van der Waals surface area contributed by atoms with Crippen molar-refractivity contribution >= 4 is 33.9 Å². The molecule has 0 aliphatic rings. The van der Waals surface area contributed by atoms with Crippen LogP contribution < -0.4 is 5.32 Å². The van der Waals surface area contributed by atoms with Crippen molar-refractivity contribution < 1.29 is 4.42 Å². The van der Waals surface area contributed by atoms with Crippen LogP contribution in [0, 0.1) is 2.88 Å². The number of halogens is 1. The van der Waals surface area contributed by atoms with Gasteiger partial charge in [-0.2, -0.15) is 0 Å². The van der Waals surface area contributed by atoms with Gasteiger partial charge in [0.05, 0.1) is 14.5 Å². The minimum Gasteiger partial charge on any atom is -0.419 e. The van der Waals surface area contributed by atoms with Gasteiger partial charge in [-0.15, -0.1) is 21.5 Å². The molecule has 0 fully saturated rings. The van der Waals surface area contributed by atoms with Gasteiger partial charge in [0, 0.05) is 5.38 Å². The first kappa shape index (κ1) is 11.0. The van der Waals surface area contributed by atoms with Gasteiger partial charge in [-0.1, -0.05) is 0 Å². The molecule has 1 unspecified atom stereocenters. The molecule has 15 heavy (non-hydrogen) atoms. The van der Waals surface area contributed by atoms with Crippen LogP contribution in [-0.4, -0.2) is 17.2 Å². The molecule has 0 radical (unpaired) electrons. The van der Waals surface area contributed by atoms with E-state index in [1.54, 1.807) is 11.3 Å². The Balaban J connectivity index is 2.27. The lowest BCUT2D eigenvalue weighted by molar-refractivity contribution is 0.441. The first-order chi connectivity index (χ1) is 7.20. The van der Waals surface area contributed by atoms with Gasteiger partial charge in [-0.3, -0.25) is 0 Å². The molecule has 0 amide bonds. The summed E-state index contributed by atoms with van der Waals surface area (Å²) in [5.41, 5.74) is 0.992. The van der Waals surface area contributed by atoms with Crippen molar-refractivity contribution in [2.75, 3.05) is 7.05 Å². The van der Waals surface area contributed by atoms with E-state index in [-0.39, 0.29) is 6.04 Å². The van der Waals surface area contributed by atoms with Gasteiger partial charge in [0.2, 0.25) is 11.8 Å². The lowest BCUT2D eigenvalue weighted by atomic mass is 10.3. The smallest absolute Gasteiger partial charge is 0.248 e. The Hall–Kier alpha value is -0.470. The third kappa shape index (κ3) is 2.37. The average Bonchev–Trinajstić information content (AvgIpc) is 2.84. The molecule has 0 bridgehead atoms. The second-order valence-electron chi connectivity index (χ2n) is 3.10. The zero-order valence-corrected chi connectivity index (χ0v) is 11.3. The molecule has 2 heterocycles. The van der Waals surface area contributed by atoms with Crippen LogP contribution in [-0.2, 0) is 0 Å². The Morgan fingerprint density at radius 1 is 1.53 bits per heavy atom. The quantitative estimate of drug-likeness (QED) is 0.877. The highest BCUT2D eigenvalue weighted by molar-refractivity contribution is 14.1. The second kappa shape index (κ2) is 4.58. The van der Waals surface area contributed by atoms with Gasteiger partial charge >= 0.3 is 0 Å². The van der Waals surface area contributed by atoms with Crippen molar-refractivity contribution in [3.05, 3.63) is 20.2 Å². The van der Waals surface area contributed by atoms with Crippen molar-refractivity contribution in [1.29, 1.82) is 0 Å². The van der Waals surface area contributed by atoms with Crippen LogP contribution in [0.25, 0.3) is 11.5 Å². The molecule has 0 aliphatic heterocycles. The SMILES string of the molecule is CNC(C)c1nnc(-c2csc(I)c2)o1. The van der Waals surface area contributed by atoms with Crippen molar-refractivity contribution in [3.63, 3.8) is 0 Å². The van der Waals surface area contributed by atoms with E-state index in [0.29, 0.717) is 11.8 Å². The predicted octanol–water partition coefficient (Wildman–Crippen LogP) is 2.68. The lowest BCUT2D eigenvalue weighted by Gasteiger charge is -2.01. The number of nitrogens with one attached hydrogen (secondary N) is 1. The average molecular weight is 335 g/mol. The summed E-state index contributed by atoms with van der Waals surface area (Å²) in [5, 5.41) is 13.1. The third-order valence-corrected chi connectivity index (χ3v) is 3.85. The van der Waals surface area contributed by atoms with Crippen LogP contribution in [0.4, 0.5) is 0 Å². The zero-order chi connectivity index (χ0) is 10.8. The molecule has 2 aromatic rings. The van der Waals surface area contributed by atoms with Crippen LogP contribution in [0.3, 0.4) is 0 Å². The summed E-state index contributed by atoms with van der Waals surface area (Å²) >= 11 is 3.94. The van der Waals surface area contributed by atoms with E-state index in [1.807, 2.05) is 25.4 Å². The molecule has 4 nitrogen and oxygen atoms in total. The molecule has 2 aromatic heterocycles. The molecule has 1 N–H and O–H groups in total. The fourth-order valence-electron chi connectivity index (χ4n) is 1.07. The summed E-state index contributed by atoms with van der Waals surface area (Å²) in [7, 11) is 1.86. The molecule has 0 aromatic carbocycles. The fraction of sp³-hybridized carbons (Fsp3) is 0.333. The van der Waals surface area contributed by atoms with Crippen LogP contribution in [0.2, 0.25) is 0 Å². The largest absolute Gasteiger partial charge is 0.419 e. The maximum Gasteiger partial charge on any atom is 0.248 e. The number of rotatable bonds is 3. The first-order valence-electron chi connectivity index (χ1n) is 4.45. The van der Waals surface area contributed by atoms with E-state index in [9.17, 15) is 0 Å². The highest BCUT2D eigenvalue weighted by Crippen LogP contribution is 2.26. The summed E-state index contributed by atoms with van der Waals surface area (Å²) in [6, 6.07) is 2.12. The second-order valence-corrected chi connectivity index (χ2v) is 5.90. The summed E-state index contributed by atoms with van der Waals surface area (Å²) in [6.45, 7) is 1.98. The molecule has 0 spiro atoms. The Labute approximate surface area is 105 Å². The Morgan fingerprint density at radius 2 is 2.33 bits per heavy atom. The van der Waals surface area contributed by atoms with Gasteiger partial charge in [0.15, 0.2) is 0 Å². The number of hydrogen-bond donors (Lipinski definition) is 1. The van der Waals surface area contributed by atoms with E-state index >= 15 is 0 Å². The van der Waals surface area contributed by atoms with Gasteiger partial charge in [-0.05, 0) is 42.6 Å². The van der Waals surface area contributed by atoms with Crippen LogP contribution in [0.1, 0.15) is 18.9 Å². The molecule has 0 saturated carbocycles. The van der Waals surface area contributed by atoms with E-state index in [0.717, 1.165) is 5.56 Å². The van der Waals surface area contributed by atoms with E-state index < -0.39 is 0 Å². The lowest BCUT2D eigenvalue weighted by Crippen LogP contribution is -2.12. The van der Waals surface area contributed by atoms with E-state index in [1.165, 1.54) is 2.88 Å². The molecule has 80 valence electrons. The van der Waals surface area contributed by atoms with Crippen LogP contribution >= 0.6 is 33.9 Å². The summed E-state index contributed by atoms with van der Waals surface area (Å²) in [4.78, 5) is 0. The van der Waals surface area contributed by atoms with Crippen molar-refractivity contribution in [1.82, 2.24) is 15.5 Å². The number of hydrogen-bond acceptors (Lipinski definition) is 5. The van der Waals surface area contributed by atoms with Crippen LogP contribution in [0.5, 0.6) is 0 Å². The van der Waals surface area contributed by atoms with Crippen molar-refractivity contribution in [2.24, 2.45) is 0 Å². The van der Waals surface area contributed by atoms with Gasteiger partial charge in [0.25, 0.3) is 0 Å². The summed E-state index contributed by atoms with van der Waals surface area (Å²) in [5.74, 6) is 1.21. The molecule has 0 aliphatic carbocycles. The zero-order valence-electron chi connectivity index (χ0n) is 8.32. The van der Waals surface area contributed by atoms with E-state index in [4.69, 9.17) is 4.42 Å². The van der Waals surface area contributed by atoms with Crippen molar-refractivity contribution in [2.45, 2.75) is 13.0 Å². The molecule has 1 atom stereocenters. The summed E-state index contributed by atoms with van der Waals surface area (Å²) < 4.78 is 6.77. The Kier molecular flexibility index (Phi) is 3.37. The Bertz CT molecular complexity index is 454. The number of thiophene rings is 1. The minimum absolute atomic E-state index is 0.0870. The third-order valence-electron chi connectivity index (χ3n) is 2.06. The monoisotopic (exact) mass is 335 g/mol. The first-order valence-corrected chi connectivity index (χ1v) is 6.41. The normalized spacial score (nSPS) is 13.0. The maximum absolute atomic E-state index is 5.55. The molecule has 6 heteroatoms. The standard InChI is InChI=1S/C9H10IN3OS/c1-5(11-2)8-12-13-9(14-8)6-3-7(10)15-4-6/h3-5,11H,1-2H3. The number of nitrogens with zero attached hydrogens (tertiary/aromatic N) is 2. The Morgan fingerprint density at radius 3 is 2.93 bits per heavy atom. The maximum atomic E-state index is 5.55. The summed E-state index contributed by atoms with van der Waals surface area (Å²) in [6.07, 6.45) is 0. The van der Waals surface area contributed by atoms with E-state index in [2.05, 4.69) is 38.1 Å². The fourth-order valence-corrected chi connectivity index (χ4v) is 2.39. The van der Waals surface area contributed by atoms with Gasteiger partial charge in [0.1, 0.15) is 0 Å². The minimum atomic E-state index is 0.0870. The molecule has 0 saturated heterocycles.